The first-order valence-corrected chi connectivity index (χ1v) is 5.33. The van der Waals surface area contributed by atoms with Gasteiger partial charge in [0, 0.05) is 6.54 Å². The van der Waals surface area contributed by atoms with Gasteiger partial charge >= 0.3 is 6.18 Å². The highest BCUT2D eigenvalue weighted by Gasteiger charge is 2.37. The molecule has 0 saturated carbocycles. The van der Waals surface area contributed by atoms with Crippen LogP contribution in [0.3, 0.4) is 0 Å². The van der Waals surface area contributed by atoms with Gasteiger partial charge in [-0.25, -0.2) is 0 Å². The number of hydrogen-bond acceptors (Lipinski definition) is 1. The van der Waals surface area contributed by atoms with Gasteiger partial charge in [0.1, 0.15) is 0 Å². The van der Waals surface area contributed by atoms with E-state index in [0.717, 1.165) is 0 Å². The second-order valence-corrected chi connectivity index (χ2v) is 4.61. The van der Waals surface area contributed by atoms with Gasteiger partial charge in [-0.15, -0.1) is 0 Å². The minimum atomic E-state index is -4.40. The van der Waals surface area contributed by atoms with Crippen LogP contribution in [0.25, 0.3) is 0 Å². The molecule has 1 rings (SSSR count). The second-order valence-electron chi connectivity index (χ2n) is 3.82. The highest BCUT2D eigenvalue weighted by atomic mass is 79.9. The fourth-order valence-electron chi connectivity index (χ4n) is 1.23. The van der Waals surface area contributed by atoms with Crippen LogP contribution in [0.5, 0.6) is 0 Å². The lowest BCUT2D eigenvalue weighted by Crippen LogP contribution is -2.11. The summed E-state index contributed by atoms with van der Waals surface area (Å²) < 4.78 is 38.8. The van der Waals surface area contributed by atoms with Gasteiger partial charge in [0.25, 0.3) is 0 Å². The lowest BCUT2D eigenvalue weighted by molar-refractivity contribution is -0.142. The van der Waals surface area contributed by atoms with E-state index in [1.54, 1.807) is 6.92 Å². The molecule has 0 bridgehead atoms. The molecule has 0 radical (unpaired) electrons. The molecule has 0 aliphatic carbocycles. The molecule has 0 aromatic carbocycles. The summed E-state index contributed by atoms with van der Waals surface area (Å²) in [6, 6.07) is 0. The first-order valence-electron chi connectivity index (χ1n) is 4.53. The predicted molar refractivity (Wildman–Crippen MR) is 54.5 cm³/mol. The summed E-state index contributed by atoms with van der Waals surface area (Å²) in [7, 11) is 0. The molecule has 0 aliphatic heterocycles. The number of hydrogen-bond donors (Lipinski definition) is 0. The van der Waals surface area contributed by atoms with Crippen molar-refractivity contribution in [2.24, 2.45) is 5.92 Å². The Morgan fingerprint density at radius 3 is 2.27 bits per heavy atom. The third-order valence-corrected chi connectivity index (χ3v) is 2.89. The molecule has 0 spiro atoms. The highest BCUT2D eigenvalue weighted by molar-refractivity contribution is 9.10. The van der Waals surface area contributed by atoms with E-state index in [9.17, 15) is 13.2 Å². The molecule has 0 N–H and O–H groups in total. The first kappa shape index (κ1) is 12.5. The van der Waals surface area contributed by atoms with E-state index in [1.165, 1.54) is 4.68 Å². The maximum Gasteiger partial charge on any atom is 0.436 e. The molecular formula is C9H12BrF3N2. The predicted octanol–water partition coefficient (Wildman–Crippen LogP) is 3.63. The molecule has 0 fully saturated rings. The summed E-state index contributed by atoms with van der Waals surface area (Å²) >= 11 is 2.92. The molecule has 0 amide bonds. The molecule has 1 aromatic heterocycles. The van der Waals surface area contributed by atoms with Crippen LogP contribution in [0.4, 0.5) is 13.2 Å². The Labute approximate surface area is 94.6 Å². The molecule has 0 unspecified atom stereocenters. The Hall–Kier alpha value is -0.520. The van der Waals surface area contributed by atoms with Crippen molar-refractivity contribution < 1.29 is 13.2 Å². The molecule has 0 saturated heterocycles. The monoisotopic (exact) mass is 284 g/mol. The Morgan fingerprint density at radius 2 is 1.93 bits per heavy atom. The maximum absolute atomic E-state index is 12.5. The Balaban J connectivity index is 3.13. The number of aromatic nitrogens is 2. The third kappa shape index (κ3) is 2.74. The van der Waals surface area contributed by atoms with Crippen LogP contribution in [0.2, 0.25) is 0 Å². The van der Waals surface area contributed by atoms with Crippen LogP contribution in [0.15, 0.2) is 4.47 Å². The summed E-state index contributed by atoms with van der Waals surface area (Å²) in [4.78, 5) is 0. The van der Waals surface area contributed by atoms with Crippen LogP contribution in [-0.2, 0) is 12.7 Å². The van der Waals surface area contributed by atoms with Crippen molar-refractivity contribution in [2.45, 2.75) is 33.5 Å². The molecule has 6 heteroatoms. The van der Waals surface area contributed by atoms with Crippen LogP contribution < -0.4 is 0 Å². The maximum atomic E-state index is 12.5. The number of halogens is 4. The minimum Gasteiger partial charge on any atom is -0.268 e. The summed E-state index contributed by atoms with van der Waals surface area (Å²) in [6.07, 6.45) is -4.40. The summed E-state index contributed by atoms with van der Waals surface area (Å²) in [5.74, 6) is 0.261. The zero-order chi connectivity index (χ0) is 11.8. The topological polar surface area (TPSA) is 17.8 Å². The van der Waals surface area contributed by atoms with Crippen molar-refractivity contribution >= 4 is 15.9 Å². The molecule has 1 aromatic rings. The van der Waals surface area contributed by atoms with E-state index in [2.05, 4.69) is 21.0 Å². The van der Waals surface area contributed by atoms with Gasteiger partial charge in [-0.05, 0) is 28.8 Å². The quantitative estimate of drug-likeness (QED) is 0.811. The number of alkyl halides is 3. The summed E-state index contributed by atoms with van der Waals surface area (Å²) in [5.41, 5.74) is -0.336. The van der Waals surface area contributed by atoms with E-state index in [0.29, 0.717) is 12.2 Å². The molecule has 15 heavy (non-hydrogen) atoms. The Bertz CT molecular complexity index is 355. The fraction of sp³-hybridized carbons (Fsp3) is 0.667. The minimum absolute atomic E-state index is 0.0376. The average molecular weight is 285 g/mol. The lowest BCUT2D eigenvalue weighted by Gasteiger charge is -2.06. The van der Waals surface area contributed by atoms with E-state index in [1.807, 2.05) is 13.8 Å². The standard InChI is InChI=1S/C9H12BrF3N2/c1-5(2)4-15-6(3)7(10)8(14-15)9(11,12)13/h5H,4H2,1-3H3. The SMILES string of the molecule is Cc1c(Br)c(C(F)(F)F)nn1CC(C)C. The lowest BCUT2D eigenvalue weighted by atomic mass is 10.2. The molecule has 86 valence electrons. The highest BCUT2D eigenvalue weighted by Crippen LogP contribution is 2.35. The van der Waals surface area contributed by atoms with E-state index in [-0.39, 0.29) is 10.4 Å². The van der Waals surface area contributed by atoms with Gasteiger partial charge in [0.15, 0.2) is 5.69 Å². The van der Waals surface area contributed by atoms with E-state index in [4.69, 9.17) is 0 Å². The Kier molecular flexibility index (Phi) is 3.48. The van der Waals surface area contributed by atoms with Crippen molar-refractivity contribution in [3.8, 4) is 0 Å². The molecule has 1 heterocycles. The van der Waals surface area contributed by atoms with Crippen molar-refractivity contribution in [1.82, 2.24) is 9.78 Å². The zero-order valence-corrected chi connectivity index (χ0v) is 10.3. The van der Waals surface area contributed by atoms with Gasteiger partial charge in [0.2, 0.25) is 0 Å². The van der Waals surface area contributed by atoms with Crippen LogP contribution in [0, 0.1) is 12.8 Å². The van der Waals surface area contributed by atoms with Crippen LogP contribution in [0.1, 0.15) is 25.2 Å². The second kappa shape index (κ2) is 4.15. The first-order chi connectivity index (χ1) is 6.73. The zero-order valence-electron chi connectivity index (χ0n) is 8.69. The summed E-state index contributed by atoms with van der Waals surface area (Å²) in [5, 5.41) is 3.57. The van der Waals surface area contributed by atoms with Crippen LogP contribution >= 0.6 is 15.9 Å². The van der Waals surface area contributed by atoms with Gasteiger partial charge in [0.05, 0.1) is 10.2 Å². The average Bonchev–Trinajstić information content (AvgIpc) is 2.30. The molecule has 2 nitrogen and oxygen atoms in total. The number of rotatable bonds is 2. The van der Waals surface area contributed by atoms with Crippen molar-refractivity contribution in [1.29, 1.82) is 0 Å². The van der Waals surface area contributed by atoms with E-state index >= 15 is 0 Å². The van der Waals surface area contributed by atoms with Gasteiger partial charge < -0.3 is 0 Å². The van der Waals surface area contributed by atoms with Gasteiger partial charge in [-0.1, -0.05) is 13.8 Å². The van der Waals surface area contributed by atoms with Crippen molar-refractivity contribution in [2.75, 3.05) is 0 Å². The smallest absolute Gasteiger partial charge is 0.268 e. The Morgan fingerprint density at radius 1 is 1.40 bits per heavy atom. The van der Waals surface area contributed by atoms with E-state index < -0.39 is 11.9 Å². The third-order valence-electron chi connectivity index (χ3n) is 1.94. The fourth-order valence-corrected chi connectivity index (χ4v) is 1.74. The number of nitrogens with zero attached hydrogens (tertiary/aromatic N) is 2. The van der Waals surface area contributed by atoms with Gasteiger partial charge in [-0.3, -0.25) is 4.68 Å². The molecule has 0 atom stereocenters. The normalized spacial score (nSPS) is 12.5. The van der Waals surface area contributed by atoms with Crippen molar-refractivity contribution in [3.63, 3.8) is 0 Å². The molecular weight excluding hydrogens is 273 g/mol. The van der Waals surface area contributed by atoms with Gasteiger partial charge in [-0.2, -0.15) is 18.3 Å². The van der Waals surface area contributed by atoms with Crippen LogP contribution in [-0.4, -0.2) is 9.78 Å². The largest absolute Gasteiger partial charge is 0.436 e. The molecule has 0 aliphatic rings. The van der Waals surface area contributed by atoms with Crippen molar-refractivity contribution in [3.05, 3.63) is 15.9 Å². The summed E-state index contributed by atoms with van der Waals surface area (Å²) in [6.45, 7) is 5.97.